The molecule has 1 aromatic rings. The fourth-order valence-electron chi connectivity index (χ4n) is 1.51. The number of rotatable bonds is 1. The van der Waals surface area contributed by atoms with Crippen LogP contribution in [0.4, 0.5) is 0 Å². The van der Waals surface area contributed by atoms with Crippen LogP contribution < -0.4 is 0 Å². The summed E-state index contributed by atoms with van der Waals surface area (Å²) in [6, 6.07) is 0. The van der Waals surface area contributed by atoms with Crippen molar-refractivity contribution < 1.29 is 4.74 Å². The van der Waals surface area contributed by atoms with Crippen LogP contribution in [0.1, 0.15) is 36.8 Å². The van der Waals surface area contributed by atoms with Crippen molar-refractivity contribution in [2.75, 3.05) is 6.61 Å². The Balaban J connectivity index is 2.10. The largest absolute Gasteiger partial charge is 0.370 e. The molecule has 0 N–H and O–H groups in total. The van der Waals surface area contributed by atoms with Gasteiger partial charge in [-0.3, -0.25) is 0 Å². The molecule has 13 heavy (non-hydrogen) atoms. The van der Waals surface area contributed by atoms with Crippen LogP contribution in [0.2, 0.25) is 0 Å². The molecule has 1 atom stereocenters. The van der Waals surface area contributed by atoms with Crippen LogP contribution in [0.3, 0.4) is 0 Å². The molecule has 1 unspecified atom stereocenters. The molecule has 0 radical (unpaired) electrons. The molecule has 0 aliphatic carbocycles. The summed E-state index contributed by atoms with van der Waals surface area (Å²) in [6.07, 6.45) is 7.28. The lowest BCUT2D eigenvalue weighted by molar-refractivity contribution is 0.00941. The van der Waals surface area contributed by atoms with Gasteiger partial charge in [0.05, 0.1) is 0 Å². The second kappa shape index (κ2) is 3.83. The van der Waals surface area contributed by atoms with Gasteiger partial charge in [0, 0.05) is 19.0 Å². The molecule has 0 bridgehead atoms. The zero-order chi connectivity index (χ0) is 9.10. The lowest BCUT2D eigenvalue weighted by Crippen LogP contribution is -2.14. The van der Waals surface area contributed by atoms with Crippen LogP contribution in [0.15, 0.2) is 12.4 Å². The molecule has 3 heteroatoms. The van der Waals surface area contributed by atoms with E-state index in [-0.39, 0.29) is 6.10 Å². The van der Waals surface area contributed by atoms with E-state index in [0.717, 1.165) is 24.4 Å². The topological polar surface area (TPSA) is 35.0 Å². The minimum absolute atomic E-state index is 0.134. The molecule has 2 heterocycles. The zero-order valence-electron chi connectivity index (χ0n) is 7.86. The van der Waals surface area contributed by atoms with E-state index in [2.05, 4.69) is 9.97 Å². The van der Waals surface area contributed by atoms with Crippen LogP contribution in [0.5, 0.6) is 0 Å². The number of aryl methyl sites for hydroxylation is 1. The van der Waals surface area contributed by atoms with Crippen molar-refractivity contribution in [2.45, 2.75) is 32.3 Å². The Bertz CT molecular complexity index is 265. The Morgan fingerprint density at radius 1 is 1.31 bits per heavy atom. The Morgan fingerprint density at radius 2 is 2.08 bits per heavy atom. The minimum atomic E-state index is 0.134. The van der Waals surface area contributed by atoms with Crippen LogP contribution in [-0.2, 0) is 4.74 Å². The summed E-state index contributed by atoms with van der Waals surface area (Å²) < 4.78 is 5.58. The van der Waals surface area contributed by atoms with Gasteiger partial charge in [0.25, 0.3) is 0 Å². The molecule has 1 aromatic heterocycles. The fraction of sp³-hybridized carbons (Fsp3) is 0.600. The summed E-state index contributed by atoms with van der Waals surface area (Å²) in [5.74, 6) is 0.838. The molecular formula is C10H14N2O. The quantitative estimate of drug-likeness (QED) is 0.660. The lowest BCUT2D eigenvalue weighted by atomic mass is 10.1. The predicted molar refractivity (Wildman–Crippen MR) is 49.3 cm³/mol. The monoisotopic (exact) mass is 178 g/mol. The summed E-state index contributed by atoms with van der Waals surface area (Å²) in [5, 5.41) is 0. The molecule has 0 amide bonds. The molecule has 2 rings (SSSR count). The smallest absolute Gasteiger partial charge is 0.157 e. The molecule has 3 nitrogen and oxygen atoms in total. The maximum absolute atomic E-state index is 5.58. The fourth-order valence-corrected chi connectivity index (χ4v) is 1.51. The van der Waals surface area contributed by atoms with Crippen LogP contribution >= 0.6 is 0 Å². The van der Waals surface area contributed by atoms with Gasteiger partial charge in [-0.25, -0.2) is 9.97 Å². The van der Waals surface area contributed by atoms with E-state index in [0.29, 0.717) is 0 Å². The second-order valence-electron chi connectivity index (χ2n) is 3.47. The highest BCUT2D eigenvalue weighted by Crippen LogP contribution is 2.24. The molecular weight excluding hydrogens is 164 g/mol. The Kier molecular flexibility index (Phi) is 2.54. The maximum atomic E-state index is 5.58. The number of hydrogen-bond acceptors (Lipinski definition) is 3. The summed E-state index contributed by atoms with van der Waals surface area (Å²) in [4.78, 5) is 8.53. The molecule has 1 aliphatic heterocycles. The van der Waals surface area contributed by atoms with Gasteiger partial charge in [-0.2, -0.15) is 0 Å². The van der Waals surface area contributed by atoms with E-state index < -0.39 is 0 Å². The molecule has 70 valence electrons. The predicted octanol–water partition coefficient (Wildman–Crippen LogP) is 2.03. The average molecular weight is 178 g/mol. The van der Waals surface area contributed by atoms with E-state index >= 15 is 0 Å². The van der Waals surface area contributed by atoms with Crippen molar-refractivity contribution in [1.82, 2.24) is 9.97 Å². The summed E-state index contributed by atoms with van der Waals surface area (Å²) >= 11 is 0. The van der Waals surface area contributed by atoms with Crippen molar-refractivity contribution >= 4 is 0 Å². The van der Waals surface area contributed by atoms with Crippen molar-refractivity contribution in [1.29, 1.82) is 0 Å². The van der Waals surface area contributed by atoms with Gasteiger partial charge in [0.2, 0.25) is 0 Å². The first kappa shape index (κ1) is 8.63. The third kappa shape index (κ3) is 2.04. The summed E-state index contributed by atoms with van der Waals surface area (Å²) in [7, 11) is 0. The van der Waals surface area contributed by atoms with E-state index in [1.165, 1.54) is 12.8 Å². The Hall–Kier alpha value is -0.960. The first-order valence-corrected chi connectivity index (χ1v) is 4.76. The molecule has 1 aliphatic rings. The Morgan fingerprint density at radius 3 is 2.69 bits per heavy atom. The molecule has 0 aromatic carbocycles. The van der Waals surface area contributed by atoms with Crippen LogP contribution in [-0.4, -0.2) is 16.6 Å². The van der Waals surface area contributed by atoms with Crippen molar-refractivity contribution in [2.24, 2.45) is 0 Å². The van der Waals surface area contributed by atoms with Gasteiger partial charge in [-0.1, -0.05) is 0 Å². The highest BCUT2D eigenvalue weighted by Gasteiger charge is 2.17. The van der Waals surface area contributed by atoms with Crippen molar-refractivity contribution in [3.63, 3.8) is 0 Å². The SMILES string of the molecule is Cc1cnc(C2CCCCO2)nc1. The third-order valence-electron chi connectivity index (χ3n) is 2.27. The molecule has 1 fully saturated rings. The van der Waals surface area contributed by atoms with Gasteiger partial charge in [0.1, 0.15) is 6.10 Å². The molecule has 1 saturated heterocycles. The minimum Gasteiger partial charge on any atom is -0.370 e. The van der Waals surface area contributed by atoms with E-state index in [1.807, 2.05) is 19.3 Å². The van der Waals surface area contributed by atoms with Gasteiger partial charge < -0.3 is 4.74 Å². The van der Waals surface area contributed by atoms with Gasteiger partial charge in [-0.15, -0.1) is 0 Å². The first-order valence-electron chi connectivity index (χ1n) is 4.76. The van der Waals surface area contributed by atoms with Gasteiger partial charge in [-0.05, 0) is 31.7 Å². The summed E-state index contributed by atoms with van der Waals surface area (Å²) in [5.41, 5.74) is 1.10. The number of aromatic nitrogens is 2. The Labute approximate surface area is 78.2 Å². The normalized spacial score (nSPS) is 23.0. The molecule has 0 spiro atoms. The van der Waals surface area contributed by atoms with Gasteiger partial charge in [0.15, 0.2) is 5.82 Å². The van der Waals surface area contributed by atoms with Crippen molar-refractivity contribution in [3.8, 4) is 0 Å². The summed E-state index contributed by atoms with van der Waals surface area (Å²) in [6.45, 7) is 2.84. The van der Waals surface area contributed by atoms with E-state index in [4.69, 9.17) is 4.74 Å². The number of ether oxygens (including phenoxy) is 1. The lowest BCUT2D eigenvalue weighted by Gasteiger charge is -2.20. The third-order valence-corrected chi connectivity index (χ3v) is 2.27. The second-order valence-corrected chi connectivity index (χ2v) is 3.47. The average Bonchev–Trinajstić information content (AvgIpc) is 2.20. The first-order chi connectivity index (χ1) is 6.36. The van der Waals surface area contributed by atoms with Crippen LogP contribution in [0, 0.1) is 6.92 Å². The van der Waals surface area contributed by atoms with Crippen molar-refractivity contribution in [3.05, 3.63) is 23.8 Å². The maximum Gasteiger partial charge on any atom is 0.157 e. The highest BCUT2D eigenvalue weighted by molar-refractivity contribution is 5.03. The van der Waals surface area contributed by atoms with Crippen LogP contribution in [0.25, 0.3) is 0 Å². The highest BCUT2D eigenvalue weighted by atomic mass is 16.5. The standard InChI is InChI=1S/C10H14N2O/c1-8-6-11-10(12-7-8)9-4-2-3-5-13-9/h6-7,9H,2-5H2,1H3. The van der Waals surface area contributed by atoms with E-state index in [9.17, 15) is 0 Å². The zero-order valence-corrected chi connectivity index (χ0v) is 7.86. The number of hydrogen-bond donors (Lipinski definition) is 0. The van der Waals surface area contributed by atoms with Gasteiger partial charge >= 0.3 is 0 Å². The van der Waals surface area contributed by atoms with E-state index in [1.54, 1.807) is 0 Å². The molecule has 0 saturated carbocycles. The number of nitrogens with zero attached hydrogens (tertiary/aromatic N) is 2.